The smallest absolute Gasteiger partial charge is 1.00 e. The molecule has 0 aromatic heterocycles. The first kappa shape index (κ1) is 15.2. The zero-order valence-corrected chi connectivity index (χ0v) is 11.1. The largest absolute Gasteiger partial charge is 2.00 e. The number of hydrogen-bond acceptors (Lipinski definition) is 0. The predicted octanol–water partition coefficient (Wildman–Crippen LogP) is -0.615. The number of hydrogen-bond donors (Lipinski definition) is 0. The molecular weight excluding hydrogens is 271 g/mol. The van der Waals surface area contributed by atoms with E-state index in [-0.39, 0.29) is 47.0 Å². The van der Waals surface area contributed by atoms with E-state index in [1.807, 2.05) is 0 Å². The normalized spacial score (nSPS) is 8.17. The van der Waals surface area contributed by atoms with Crippen molar-refractivity contribution in [2.24, 2.45) is 0 Å². The second-order valence-electron chi connectivity index (χ2n) is 2.59. The first-order valence-electron chi connectivity index (χ1n) is 3.67. The van der Waals surface area contributed by atoms with Gasteiger partial charge in [0.2, 0.25) is 0 Å². The number of halogens is 1. The Labute approximate surface area is 108 Å². The Morgan fingerprint density at radius 2 is 1.67 bits per heavy atom. The molecule has 0 radical (unpaired) electrons. The van der Waals surface area contributed by atoms with Gasteiger partial charge in [0.1, 0.15) is 0 Å². The fraction of sp³-hybridized carbons (Fsp3) is 0.300. The molecule has 12 heavy (non-hydrogen) atoms. The third-order valence-corrected chi connectivity index (χ3v) is 1.59. The van der Waals surface area contributed by atoms with Crippen LogP contribution in [0.15, 0.2) is 24.3 Å². The van der Waals surface area contributed by atoms with Gasteiger partial charge in [-0.1, -0.05) is 41.8 Å². The molecular formula is C10H13IMg. The molecule has 1 aromatic rings. The average molecular weight is 284 g/mol. The summed E-state index contributed by atoms with van der Waals surface area (Å²) < 4.78 is 0. The van der Waals surface area contributed by atoms with E-state index in [0.717, 1.165) is 12.8 Å². The van der Waals surface area contributed by atoms with Crippen molar-refractivity contribution in [3.63, 3.8) is 0 Å². The molecule has 0 atom stereocenters. The quantitative estimate of drug-likeness (QED) is 0.386. The van der Waals surface area contributed by atoms with Crippen LogP contribution in [0.5, 0.6) is 0 Å². The van der Waals surface area contributed by atoms with E-state index in [1.165, 1.54) is 11.1 Å². The first-order chi connectivity index (χ1) is 4.83. The van der Waals surface area contributed by atoms with E-state index in [1.54, 1.807) is 0 Å². The van der Waals surface area contributed by atoms with Crippen LogP contribution >= 0.6 is 0 Å². The maximum Gasteiger partial charge on any atom is 2.00 e. The molecule has 0 aliphatic carbocycles. The van der Waals surface area contributed by atoms with Gasteiger partial charge in [0.25, 0.3) is 0 Å². The van der Waals surface area contributed by atoms with Crippen LogP contribution in [-0.4, -0.2) is 23.1 Å². The number of benzene rings is 1. The van der Waals surface area contributed by atoms with Crippen LogP contribution in [0.25, 0.3) is 0 Å². The Morgan fingerprint density at radius 3 is 2.08 bits per heavy atom. The summed E-state index contributed by atoms with van der Waals surface area (Å²) in [6.07, 6.45) is 2.09. The molecule has 0 amide bonds. The maximum absolute atomic E-state index is 3.80. The summed E-state index contributed by atoms with van der Waals surface area (Å²) in [6.45, 7) is 5.91. The summed E-state index contributed by atoms with van der Waals surface area (Å²) in [5.41, 5.74) is 2.72. The van der Waals surface area contributed by atoms with Crippen molar-refractivity contribution in [2.75, 3.05) is 0 Å². The first-order valence-corrected chi connectivity index (χ1v) is 3.67. The van der Waals surface area contributed by atoms with Crippen molar-refractivity contribution >= 4 is 23.1 Å². The van der Waals surface area contributed by atoms with Gasteiger partial charge < -0.3 is 30.9 Å². The van der Waals surface area contributed by atoms with Crippen molar-refractivity contribution in [2.45, 2.75) is 19.8 Å². The van der Waals surface area contributed by atoms with Crippen molar-refractivity contribution < 1.29 is 24.0 Å². The Kier molecular flexibility index (Phi) is 10.5. The Morgan fingerprint density at radius 1 is 1.17 bits per heavy atom. The molecule has 0 saturated heterocycles. The minimum Gasteiger partial charge on any atom is -1.00 e. The Balaban J connectivity index is 0. The predicted molar refractivity (Wildman–Crippen MR) is 50.6 cm³/mol. The standard InChI is InChI=1S/C10H13.HI.Mg/c1-3-4-10-7-5-9(2)6-8-10;;/h5-8H,1,3-4H2,2H3;1H;/q-1;;+2/p-1. The van der Waals surface area contributed by atoms with E-state index < -0.39 is 0 Å². The topological polar surface area (TPSA) is 0 Å². The SMILES string of the molecule is [CH2-]CCc1ccc(C)cc1.[I-].[Mg+2]. The van der Waals surface area contributed by atoms with Gasteiger partial charge >= 0.3 is 23.1 Å². The van der Waals surface area contributed by atoms with E-state index in [0.29, 0.717) is 0 Å². The summed E-state index contributed by atoms with van der Waals surface area (Å²) in [5.74, 6) is 0. The van der Waals surface area contributed by atoms with Gasteiger partial charge in [0.15, 0.2) is 0 Å². The van der Waals surface area contributed by atoms with Crippen LogP contribution in [0, 0.1) is 13.8 Å². The molecule has 0 spiro atoms. The molecule has 0 heterocycles. The molecule has 2 heteroatoms. The van der Waals surface area contributed by atoms with Crippen molar-refractivity contribution in [3.05, 3.63) is 42.3 Å². The van der Waals surface area contributed by atoms with Crippen LogP contribution in [0.4, 0.5) is 0 Å². The zero-order chi connectivity index (χ0) is 7.40. The van der Waals surface area contributed by atoms with E-state index >= 15 is 0 Å². The summed E-state index contributed by atoms with van der Waals surface area (Å²) in [6, 6.07) is 8.62. The summed E-state index contributed by atoms with van der Waals surface area (Å²) in [5, 5.41) is 0. The third-order valence-electron chi connectivity index (χ3n) is 1.59. The monoisotopic (exact) mass is 284 g/mol. The van der Waals surface area contributed by atoms with Gasteiger partial charge in [-0.15, -0.1) is 0 Å². The molecule has 0 nitrogen and oxygen atoms in total. The Hall–Kier alpha value is 0.716. The summed E-state index contributed by atoms with van der Waals surface area (Å²) in [7, 11) is 0. The molecule has 0 aliphatic heterocycles. The van der Waals surface area contributed by atoms with Gasteiger partial charge in [0, 0.05) is 0 Å². The van der Waals surface area contributed by atoms with E-state index in [2.05, 4.69) is 38.1 Å². The van der Waals surface area contributed by atoms with Crippen LogP contribution in [0.2, 0.25) is 0 Å². The van der Waals surface area contributed by atoms with Crippen LogP contribution < -0.4 is 24.0 Å². The Bertz CT molecular complexity index is 193. The van der Waals surface area contributed by atoms with Gasteiger partial charge in [0.05, 0.1) is 0 Å². The third kappa shape index (κ3) is 5.38. The molecule has 1 aromatic carbocycles. The van der Waals surface area contributed by atoms with Crippen molar-refractivity contribution in [1.82, 2.24) is 0 Å². The second-order valence-corrected chi connectivity index (χ2v) is 2.59. The van der Waals surface area contributed by atoms with Crippen LogP contribution in [0.1, 0.15) is 17.5 Å². The van der Waals surface area contributed by atoms with Gasteiger partial charge in [-0.2, -0.15) is 6.42 Å². The number of aryl methyl sites for hydroxylation is 2. The van der Waals surface area contributed by atoms with E-state index in [9.17, 15) is 0 Å². The molecule has 0 saturated carbocycles. The van der Waals surface area contributed by atoms with Crippen molar-refractivity contribution in [1.29, 1.82) is 0 Å². The van der Waals surface area contributed by atoms with Gasteiger partial charge in [-0.3, -0.25) is 0 Å². The molecule has 1 rings (SSSR count). The summed E-state index contributed by atoms with van der Waals surface area (Å²) >= 11 is 0. The molecule has 0 fully saturated rings. The fourth-order valence-electron chi connectivity index (χ4n) is 0.959. The minimum atomic E-state index is 0. The maximum atomic E-state index is 3.80. The number of rotatable bonds is 2. The van der Waals surface area contributed by atoms with E-state index in [4.69, 9.17) is 0 Å². The second kappa shape index (κ2) is 8.32. The molecule has 0 N–H and O–H groups in total. The average Bonchev–Trinajstić information content (AvgIpc) is 1.95. The van der Waals surface area contributed by atoms with Crippen molar-refractivity contribution in [3.8, 4) is 0 Å². The van der Waals surface area contributed by atoms with Crippen LogP contribution in [0.3, 0.4) is 0 Å². The zero-order valence-electron chi connectivity index (χ0n) is 7.52. The fourth-order valence-corrected chi connectivity index (χ4v) is 0.959. The summed E-state index contributed by atoms with van der Waals surface area (Å²) in [4.78, 5) is 0. The molecule has 62 valence electrons. The molecule has 0 aliphatic rings. The minimum absolute atomic E-state index is 0. The van der Waals surface area contributed by atoms with Gasteiger partial charge in [-0.25, -0.2) is 0 Å². The molecule has 0 bridgehead atoms. The van der Waals surface area contributed by atoms with Crippen LogP contribution in [-0.2, 0) is 6.42 Å². The van der Waals surface area contributed by atoms with Gasteiger partial charge in [-0.05, 0) is 6.92 Å². The molecule has 0 unspecified atom stereocenters.